The minimum absolute atomic E-state index is 0.0799. The number of amides is 1. The summed E-state index contributed by atoms with van der Waals surface area (Å²) >= 11 is 1.33. The summed E-state index contributed by atoms with van der Waals surface area (Å²) < 4.78 is 9.32. The quantitative estimate of drug-likeness (QED) is 0.259. The molecule has 0 atom stereocenters. The zero-order valence-corrected chi connectivity index (χ0v) is 19.8. The Labute approximate surface area is 208 Å². The monoisotopic (exact) mass is 473 g/mol. The van der Waals surface area contributed by atoms with Crippen molar-refractivity contribution >= 4 is 28.6 Å². The zero-order chi connectivity index (χ0) is 23.6. The third kappa shape index (κ3) is 4.34. The van der Waals surface area contributed by atoms with E-state index >= 15 is 0 Å². The molecule has 1 amide bonds. The summed E-state index contributed by atoms with van der Waals surface area (Å²) in [6.45, 7) is 0.473. The summed E-state index contributed by atoms with van der Waals surface area (Å²) in [4.78, 5) is 13.7. The molecule has 170 valence electrons. The zero-order valence-electron chi connectivity index (χ0n) is 19.0. The molecule has 0 unspecified atom stereocenters. The average molecular weight is 474 g/mol. The fourth-order valence-electron chi connectivity index (χ4n) is 4.62. The van der Waals surface area contributed by atoms with Crippen LogP contribution < -0.4 is 4.72 Å². The van der Waals surface area contributed by atoms with E-state index in [0.717, 1.165) is 15.8 Å². The van der Waals surface area contributed by atoms with Crippen LogP contribution in [0.1, 0.15) is 33.2 Å². The van der Waals surface area contributed by atoms with Crippen LogP contribution in [0.25, 0.3) is 21.9 Å². The largest absolute Gasteiger partial charge is 0.364 e. The Balaban J connectivity index is 1.10. The highest BCUT2D eigenvalue weighted by molar-refractivity contribution is 7.98. The van der Waals surface area contributed by atoms with Crippen molar-refractivity contribution in [3.63, 3.8) is 0 Å². The van der Waals surface area contributed by atoms with Crippen molar-refractivity contribution in [3.05, 3.63) is 138 Å². The Morgan fingerprint density at radius 2 is 1.34 bits per heavy atom. The highest BCUT2D eigenvalue weighted by Gasteiger charge is 2.28. The lowest BCUT2D eigenvalue weighted by Gasteiger charge is -2.15. The van der Waals surface area contributed by atoms with E-state index in [9.17, 15) is 4.79 Å². The summed E-state index contributed by atoms with van der Waals surface area (Å²) in [6, 6.07) is 38.8. The molecule has 1 N–H and O–H groups in total. The Kier molecular flexibility index (Phi) is 5.83. The molecule has 4 heteroatoms. The van der Waals surface area contributed by atoms with E-state index in [2.05, 4.69) is 77.5 Å². The maximum Gasteiger partial charge on any atom is 0.261 e. The highest BCUT2D eigenvalue weighted by atomic mass is 32.2. The van der Waals surface area contributed by atoms with Gasteiger partial charge in [-0.25, -0.2) is 0 Å². The molecule has 0 fully saturated rings. The minimum Gasteiger partial charge on any atom is -0.364 e. The van der Waals surface area contributed by atoms with Gasteiger partial charge in [0.05, 0.1) is 6.61 Å². The summed E-state index contributed by atoms with van der Waals surface area (Å²) in [6.07, 6.45) is -0.0799. The highest BCUT2D eigenvalue weighted by Crippen LogP contribution is 2.45. The van der Waals surface area contributed by atoms with Crippen LogP contribution in [0.4, 0.5) is 0 Å². The molecule has 6 rings (SSSR count). The fourth-order valence-corrected chi connectivity index (χ4v) is 5.27. The second kappa shape index (κ2) is 9.41. The number of rotatable bonds is 6. The van der Waals surface area contributed by atoms with Gasteiger partial charge in [0.1, 0.15) is 6.10 Å². The number of hydrogen-bond donors (Lipinski definition) is 1. The fraction of sp³-hybridized carbons (Fsp3) is 0.0645. The molecule has 1 aliphatic rings. The molecular formula is C31H23NO2S. The normalized spacial score (nSPS) is 12.3. The molecule has 0 heterocycles. The molecule has 5 aromatic rings. The lowest BCUT2D eigenvalue weighted by Crippen LogP contribution is -2.15. The molecule has 0 saturated heterocycles. The van der Waals surface area contributed by atoms with Crippen molar-refractivity contribution in [2.45, 2.75) is 17.6 Å². The van der Waals surface area contributed by atoms with Crippen LogP contribution in [0.15, 0.2) is 120 Å². The third-order valence-electron chi connectivity index (χ3n) is 6.39. The average Bonchev–Trinajstić information content (AvgIpc) is 3.24. The number of benzene rings is 5. The molecule has 0 spiro atoms. The summed E-state index contributed by atoms with van der Waals surface area (Å²) in [5, 5.41) is 2.34. The van der Waals surface area contributed by atoms with Gasteiger partial charge in [0.25, 0.3) is 5.91 Å². The van der Waals surface area contributed by atoms with Crippen LogP contribution in [-0.4, -0.2) is 5.91 Å². The van der Waals surface area contributed by atoms with Gasteiger partial charge >= 0.3 is 0 Å². The topological polar surface area (TPSA) is 38.3 Å². The van der Waals surface area contributed by atoms with Gasteiger partial charge in [-0.05, 0) is 74.8 Å². The number of hydrogen-bond acceptors (Lipinski definition) is 3. The summed E-state index contributed by atoms with van der Waals surface area (Å²) in [5.74, 6) is -0.116. The predicted octanol–water partition coefficient (Wildman–Crippen LogP) is 7.56. The van der Waals surface area contributed by atoms with Gasteiger partial charge in [-0.15, -0.1) is 0 Å². The molecule has 0 aliphatic heterocycles. The van der Waals surface area contributed by atoms with Crippen molar-refractivity contribution in [1.29, 1.82) is 0 Å². The van der Waals surface area contributed by atoms with Gasteiger partial charge in [-0.1, -0.05) is 91.0 Å². The smallest absolute Gasteiger partial charge is 0.261 e. The van der Waals surface area contributed by atoms with Crippen molar-refractivity contribution < 1.29 is 9.53 Å². The van der Waals surface area contributed by atoms with E-state index in [4.69, 9.17) is 4.74 Å². The summed E-state index contributed by atoms with van der Waals surface area (Å²) in [5.41, 5.74) is 6.54. The Bertz CT molecular complexity index is 1480. The van der Waals surface area contributed by atoms with Crippen molar-refractivity contribution in [1.82, 2.24) is 4.72 Å². The lowest BCUT2D eigenvalue weighted by atomic mass is 10.1. The minimum atomic E-state index is -0.116. The molecular weight excluding hydrogens is 450 g/mol. The van der Waals surface area contributed by atoms with Gasteiger partial charge in [-0.2, -0.15) is 0 Å². The van der Waals surface area contributed by atoms with E-state index < -0.39 is 0 Å². The maximum atomic E-state index is 12.7. The van der Waals surface area contributed by atoms with Crippen molar-refractivity contribution in [2.24, 2.45) is 0 Å². The van der Waals surface area contributed by atoms with Crippen LogP contribution in [-0.2, 0) is 11.3 Å². The first-order valence-corrected chi connectivity index (χ1v) is 12.4. The predicted molar refractivity (Wildman–Crippen MR) is 142 cm³/mol. The Morgan fingerprint density at radius 1 is 0.714 bits per heavy atom. The SMILES string of the molecule is O=C(NSc1ccc2ccccc2c1)c1ccc(COC2c3ccccc3-c3ccccc32)cc1. The number of carbonyl (C=O) groups excluding carboxylic acids is 1. The Hall–Kier alpha value is -3.86. The van der Waals surface area contributed by atoms with Gasteiger partial charge in [0.2, 0.25) is 0 Å². The van der Waals surface area contributed by atoms with Crippen LogP contribution in [0.2, 0.25) is 0 Å². The third-order valence-corrected chi connectivity index (χ3v) is 7.17. The first-order chi connectivity index (χ1) is 17.3. The molecule has 0 radical (unpaired) electrons. The number of nitrogens with one attached hydrogen (secondary N) is 1. The first-order valence-electron chi connectivity index (χ1n) is 11.6. The van der Waals surface area contributed by atoms with Gasteiger partial charge in [0.15, 0.2) is 0 Å². The number of ether oxygens (including phenoxy) is 1. The molecule has 35 heavy (non-hydrogen) atoms. The van der Waals surface area contributed by atoms with E-state index in [0.29, 0.717) is 12.2 Å². The van der Waals surface area contributed by atoms with Crippen LogP contribution in [0.3, 0.4) is 0 Å². The van der Waals surface area contributed by atoms with E-state index in [-0.39, 0.29) is 12.0 Å². The summed E-state index contributed by atoms with van der Waals surface area (Å²) in [7, 11) is 0. The molecule has 1 aliphatic carbocycles. The molecule has 0 aromatic heterocycles. The second-order valence-electron chi connectivity index (χ2n) is 8.60. The number of fused-ring (bicyclic) bond motifs is 4. The van der Waals surface area contributed by atoms with Crippen molar-refractivity contribution in [2.75, 3.05) is 0 Å². The van der Waals surface area contributed by atoms with Gasteiger partial charge in [0, 0.05) is 10.5 Å². The Morgan fingerprint density at radius 3 is 2.06 bits per heavy atom. The van der Waals surface area contributed by atoms with Crippen molar-refractivity contribution in [3.8, 4) is 11.1 Å². The first kappa shape index (κ1) is 21.7. The molecule has 0 saturated carbocycles. The maximum absolute atomic E-state index is 12.7. The van der Waals surface area contributed by atoms with E-state index in [1.807, 2.05) is 42.5 Å². The standard InChI is InChI=1S/C31H23NO2S/c33-31(32-35-25-18-17-22-7-1-2-8-24(22)19-25)23-15-13-21(14-16-23)20-34-30-28-11-5-3-9-26(28)27-10-4-6-12-29(27)30/h1-19,30H,20H2,(H,32,33). The van der Waals surface area contributed by atoms with Gasteiger partial charge in [-0.3, -0.25) is 9.52 Å². The van der Waals surface area contributed by atoms with Gasteiger partial charge < -0.3 is 4.74 Å². The molecule has 3 nitrogen and oxygen atoms in total. The van der Waals surface area contributed by atoms with Crippen LogP contribution >= 0.6 is 11.9 Å². The van der Waals surface area contributed by atoms with E-state index in [1.165, 1.54) is 39.6 Å². The van der Waals surface area contributed by atoms with Crippen LogP contribution in [0, 0.1) is 0 Å². The molecule has 0 bridgehead atoms. The second-order valence-corrected chi connectivity index (χ2v) is 9.48. The number of carbonyl (C=O) groups is 1. The molecule has 5 aromatic carbocycles. The lowest BCUT2D eigenvalue weighted by molar-refractivity contribution is 0.0695. The van der Waals surface area contributed by atoms with Crippen LogP contribution in [0.5, 0.6) is 0 Å². The van der Waals surface area contributed by atoms with E-state index in [1.54, 1.807) is 0 Å².